The molecule has 0 saturated carbocycles. The van der Waals surface area contributed by atoms with E-state index in [2.05, 4.69) is 30.9 Å². The van der Waals surface area contributed by atoms with E-state index in [1.165, 1.54) is 0 Å². The Bertz CT molecular complexity index is 2900. The third kappa shape index (κ3) is 6.04. The van der Waals surface area contributed by atoms with Gasteiger partial charge in [0, 0.05) is 33.0 Å². The Kier molecular flexibility index (Phi) is 11.1. The van der Waals surface area contributed by atoms with Crippen LogP contribution in [0, 0.1) is 0 Å². The molecule has 25 heteroatoms. The van der Waals surface area contributed by atoms with Crippen LogP contribution in [0.2, 0.25) is 0 Å². The second kappa shape index (κ2) is 15.0. The van der Waals surface area contributed by atoms with Gasteiger partial charge >= 0.3 is 0 Å². The van der Waals surface area contributed by atoms with Crippen molar-refractivity contribution in [3.63, 3.8) is 0 Å². The first-order valence-electron chi connectivity index (χ1n) is 16.5. The third-order valence-electron chi connectivity index (χ3n) is 10.2. The molecule has 7 aromatic rings. The number of fused-ring (bicyclic) bond motifs is 3. The van der Waals surface area contributed by atoms with E-state index in [0.717, 1.165) is 0 Å². The molecule has 0 aliphatic rings. The number of benzene rings is 5. The maximum atomic E-state index is 7.03. The first-order valence-corrected chi connectivity index (χ1v) is 17.3. The topological polar surface area (TPSA) is 51.8 Å². The summed E-state index contributed by atoms with van der Waals surface area (Å²) < 4.78 is 6.64. The molecule has 2 heterocycles. The quantitative estimate of drug-likeness (QED) is 0.168. The van der Waals surface area contributed by atoms with Crippen molar-refractivity contribution in [2.45, 2.75) is 0 Å². The SMILES string of the molecule is [B]c1c([B])c([B])c(-c2nc(-c3c([B])c([B])c([B])c([B])c3[B])nc(-c3c([B])c([B])c([B])c(-c4c([B])c([B])c([B])c5c4oc4c(Br)c([B])c([B])c([B])c45)c3[B])n2)c([B])c1[B]. The second-order valence-corrected chi connectivity index (χ2v) is 14.1. The average Bonchev–Trinajstić information content (AvgIpc) is 3.59. The normalized spacial score (nSPS) is 11.5. The minimum Gasteiger partial charge on any atom is -0.454 e. The molecule has 220 valence electrons. The number of nitrogens with zero attached hydrogens (tertiary/aromatic N) is 3. The first-order chi connectivity index (χ1) is 27.1. The maximum Gasteiger partial charge on any atom is 0.162 e. The maximum absolute atomic E-state index is 7.03. The van der Waals surface area contributed by atoms with Gasteiger partial charge in [-0.15, -0.1) is 49.2 Å². The summed E-state index contributed by atoms with van der Waals surface area (Å²) in [5, 5.41) is 0.469. The smallest absolute Gasteiger partial charge is 0.162 e. The third-order valence-corrected chi connectivity index (χ3v) is 10.9. The number of rotatable bonds is 4. The van der Waals surface area contributed by atoms with Gasteiger partial charge in [0.05, 0.1) is 4.47 Å². The van der Waals surface area contributed by atoms with Crippen LogP contribution in [-0.2, 0) is 0 Å². The van der Waals surface area contributed by atoms with E-state index in [1.807, 2.05) is 0 Å². The molecule has 40 radical (unpaired) electrons. The molecule has 0 unspecified atom stereocenters. The zero-order valence-corrected chi connectivity index (χ0v) is 31.8. The van der Waals surface area contributed by atoms with Gasteiger partial charge < -0.3 is 4.42 Å². The minimum atomic E-state index is -0.279. The fourth-order valence-corrected chi connectivity index (χ4v) is 7.31. The summed E-state index contributed by atoms with van der Waals surface area (Å²) in [7, 11) is 129. The number of hydrogen-bond acceptors (Lipinski definition) is 4. The summed E-state index contributed by atoms with van der Waals surface area (Å²) in [6.45, 7) is 0. The van der Waals surface area contributed by atoms with Crippen LogP contribution in [0.5, 0.6) is 0 Å². The molecule has 0 atom stereocenters. The van der Waals surface area contributed by atoms with Crippen LogP contribution in [0.3, 0.4) is 0 Å². The first kappa shape index (κ1) is 42.8. The molecular weight excluding hydrogens is 751 g/mol. The summed E-state index contributed by atoms with van der Waals surface area (Å²) in [6, 6.07) is 0. The van der Waals surface area contributed by atoms with Gasteiger partial charge in [0.1, 0.15) is 168 Å². The molecule has 0 aliphatic carbocycles. The molecule has 0 bridgehead atoms. The van der Waals surface area contributed by atoms with Crippen molar-refractivity contribution in [2.75, 3.05) is 0 Å². The second-order valence-electron chi connectivity index (χ2n) is 13.3. The van der Waals surface area contributed by atoms with Crippen LogP contribution >= 0.6 is 15.9 Å². The number of furan rings is 1. The molecule has 0 amide bonds. The highest BCUT2D eigenvalue weighted by Gasteiger charge is 2.28. The monoisotopic (exact) mass is 753 g/mol. The molecule has 0 N–H and O–H groups in total. The largest absolute Gasteiger partial charge is 0.454 e. The van der Waals surface area contributed by atoms with Gasteiger partial charge in [-0.3, -0.25) is 0 Å². The number of halogens is 1. The highest BCUT2D eigenvalue weighted by Crippen LogP contribution is 2.34. The van der Waals surface area contributed by atoms with E-state index >= 15 is 0 Å². The van der Waals surface area contributed by atoms with Gasteiger partial charge in [0.25, 0.3) is 0 Å². The van der Waals surface area contributed by atoms with Gasteiger partial charge in [-0.25, -0.2) is 15.0 Å². The van der Waals surface area contributed by atoms with Gasteiger partial charge in [-0.2, -0.15) is 0 Å². The standard InChI is InChI=1S/C33B20BrN3O/c34-8-1(2-10(36)19(45)11(37)3-4-12(38)24(50)27(53)28(54)30(4)58-29(2)3)9(35)18(44)13(39)5(8)31-55-32(6-14(40)20(46)25(51)21(47)15(6)41)57-33(56-31)7-16(42)22(48)26(52)23(49)17(7)43. The summed E-state index contributed by atoms with van der Waals surface area (Å²) in [5.74, 6) is -0.773. The van der Waals surface area contributed by atoms with E-state index < -0.39 is 0 Å². The van der Waals surface area contributed by atoms with Crippen molar-refractivity contribution < 1.29 is 4.42 Å². The summed E-state index contributed by atoms with van der Waals surface area (Å²) in [6.07, 6.45) is 0. The molecule has 4 nitrogen and oxygen atoms in total. The van der Waals surface area contributed by atoms with Crippen LogP contribution in [0.1, 0.15) is 0 Å². The van der Waals surface area contributed by atoms with Crippen molar-refractivity contribution in [2.24, 2.45) is 0 Å². The van der Waals surface area contributed by atoms with Crippen LogP contribution in [0.25, 0.3) is 67.2 Å². The van der Waals surface area contributed by atoms with Crippen molar-refractivity contribution in [1.82, 2.24) is 15.0 Å². The highest BCUT2D eigenvalue weighted by atomic mass is 79.9. The van der Waals surface area contributed by atoms with Crippen molar-refractivity contribution in [3.8, 4) is 45.3 Å². The van der Waals surface area contributed by atoms with Crippen molar-refractivity contribution >= 4 is 304 Å². The van der Waals surface area contributed by atoms with Crippen molar-refractivity contribution in [3.05, 3.63) is 4.47 Å². The number of aromatic nitrogens is 3. The fourth-order valence-electron chi connectivity index (χ4n) is 6.81. The molecule has 2 aromatic heterocycles. The minimum absolute atomic E-state index is 0.000233. The fraction of sp³-hybridized carbons (Fsp3) is 0. The van der Waals surface area contributed by atoms with Crippen LogP contribution in [0.4, 0.5) is 0 Å². The van der Waals surface area contributed by atoms with Gasteiger partial charge in [-0.05, 0) is 21.5 Å². The molecular formula is C33B20BrN3O. The lowest BCUT2D eigenvalue weighted by atomic mass is 9.60. The van der Waals surface area contributed by atoms with Crippen molar-refractivity contribution in [1.29, 1.82) is 0 Å². The zero-order valence-electron chi connectivity index (χ0n) is 30.2. The Hall–Kier alpha value is -3.31. The molecule has 7 rings (SSSR count). The predicted octanol–water partition coefficient (Wildman–Crippen LogP) is -14.9. The molecule has 0 aliphatic heterocycles. The van der Waals surface area contributed by atoms with Crippen LogP contribution < -0.4 is 109 Å². The summed E-state index contributed by atoms with van der Waals surface area (Å²) in [5.41, 5.74) is -2.09. The van der Waals surface area contributed by atoms with Crippen LogP contribution in [-0.4, -0.2) is 172 Å². The molecule has 0 spiro atoms. The summed E-state index contributed by atoms with van der Waals surface area (Å²) in [4.78, 5) is 13.9. The Morgan fingerprint density at radius 2 is 0.517 bits per heavy atom. The average molecular weight is 751 g/mol. The molecule has 5 aromatic carbocycles. The van der Waals surface area contributed by atoms with Gasteiger partial charge in [-0.1, -0.05) is 60.1 Å². The van der Waals surface area contributed by atoms with Gasteiger partial charge in [0.15, 0.2) is 17.5 Å². The lowest BCUT2D eigenvalue weighted by molar-refractivity contribution is 0.669. The van der Waals surface area contributed by atoms with E-state index in [0.29, 0.717) is 0 Å². The lowest BCUT2D eigenvalue weighted by Crippen LogP contribution is -2.55. The zero-order chi connectivity index (χ0) is 42.9. The summed E-state index contributed by atoms with van der Waals surface area (Å²) >= 11 is 3.43. The Morgan fingerprint density at radius 3 is 0.914 bits per heavy atom. The lowest BCUT2D eigenvalue weighted by Gasteiger charge is -2.26. The molecule has 0 fully saturated rings. The van der Waals surface area contributed by atoms with E-state index in [-0.39, 0.29) is 181 Å². The Labute approximate surface area is 370 Å². The Morgan fingerprint density at radius 1 is 0.259 bits per heavy atom. The van der Waals surface area contributed by atoms with E-state index in [4.69, 9.17) is 161 Å². The number of hydrogen-bond donors (Lipinski definition) is 0. The van der Waals surface area contributed by atoms with Gasteiger partial charge in [0.2, 0.25) is 0 Å². The van der Waals surface area contributed by atoms with E-state index in [9.17, 15) is 0 Å². The predicted molar refractivity (Wildman–Crippen MR) is 264 cm³/mol. The van der Waals surface area contributed by atoms with Crippen LogP contribution in [0.15, 0.2) is 8.89 Å². The Balaban J connectivity index is 1.66. The molecule has 58 heavy (non-hydrogen) atoms. The van der Waals surface area contributed by atoms with E-state index in [1.54, 1.807) is 0 Å². The molecule has 0 saturated heterocycles. The highest BCUT2D eigenvalue weighted by molar-refractivity contribution is 9.10.